The summed E-state index contributed by atoms with van der Waals surface area (Å²) in [7, 11) is -2.87. The highest BCUT2D eigenvalue weighted by Gasteiger charge is 2.58. The van der Waals surface area contributed by atoms with Crippen molar-refractivity contribution in [1.82, 2.24) is 20.2 Å². The summed E-state index contributed by atoms with van der Waals surface area (Å²) in [4.78, 5) is 21.0. The molecule has 0 aromatic rings. The largest absolute Gasteiger partial charge is 0.395 e. The first kappa shape index (κ1) is 24.2. The van der Waals surface area contributed by atoms with Gasteiger partial charge in [0.1, 0.15) is 6.04 Å². The Bertz CT molecular complexity index is 742. The van der Waals surface area contributed by atoms with Crippen LogP contribution in [-0.2, 0) is 9.63 Å². The van der Waals surface area contributed by atoms with Gasteiger partial charge in [0.2, 0.25) is 6.41 Å². The Kier molecular flexibility index (Phi) is 7.21. The first-order chi connectivity index (χ1) is 14.6. The first-order valence-electron chi connectivity index (χ1n) is 10.8. The van der Waals surface area contributed by atoms with E-state index in [-0.39, 0.29) is 6.42 Å². The number of nitrogens with one attached hydrogen (secondary N) is 5. The van der Waals surface area contributed by atoms with Crippen LogP contribution in [0.2, 0.25) is 0 Å². The third-order valence-electron chi connectivity index (χ3n) is 6.48. The maximum Gasteiger partial charge on any atom is 0.395 e. The van der Waals surface area contributed by atoms with Gasteiger partial charge in [0.05, 0.1) is 5.92 Å². The molecule has 11 heteroatoms. The number of alkyl halides is 3. The molecule has 4 unspecified atom stereocenters. The van der Waals surface area contributed by atoms with Crippen LogP contribution in [0.4, 0.5) is 13.2 Å². The van der Waals surface area contributed by atoms with Crippen molar-refractivity contribution in [2.45, 2.75) is 64.4 Å². The Labute approximate surface area is 181 Å². The molecular weight excluding hydrogens is 431 g/mol. The molecule has 3 rings (SSSR count). The average Bonchev–Trinajstić information content (AvgIpc) is 3.47. The normalized spacial score (nSPS) is 29.8. The van der Waals surface area contributed by atoms with Gasteiger partial charge in [-0.05, 0) is 30.1 Å². The summed E-state index contributed by atoms with van der Waals surface area (Å²) in [6, 6.07) is -0.620. The minimum atomic E-state index is -4.25. The molecular formula is C20H34F3N5O2S. The summed E-state index contributed by atoms with van der Waals surface area (Å²) in [5, 5.41) is 14.4. The number of rotatable bonds is 10. The van der Waals surface area contributed by atoms with E-state index in [4.69, 9.17) is 10.2 Å². The molecule has 2 fully saturated rings. The lowest BCUT2D eigenvalue weighted by molar-refractivity contribution is -0.160. The molecule has 3 aliphatic rings. The van der Waals surface area contributed by atoms with Crippen LogP contribution < -0.4 is 20.2 Å². The zero-order valence-corrected chi connectivity index (χ0v) is 18.9. The van der Waals surface area contributed by atoms with Crippen molar-refractivity contribution in [3.8, 4) is 0 Å². The number of allylic oxidation sites excluding steroid dienone is 3. The molecule has 1 spiro atoms. The lowest BCUT2D eigenvalue weighted by Gasteiger charge is -2.52. The van der Waals surface area contributed by atoms with Crippen LogP contribution in [-0.4, -0.2) is 42.3 Å². The van der Waals surface area contributed by atoms with E-state index in [0.29, 0.717) is 36.2 Å². The van der Waals surface area contributed by atoms with Gasteiger partial charge < -0.3 is 10.7 Å². The second-order valence-corrected chi connectivity index (χ2v) is 13.6. The zero-order chi connectivity index (χ0) is 22.7. The van der Waals surface area contributed by atoms with Crippen molar-refractivity contribution < 1.29 is 22.8 Å². The monoisotopic (exact) mass is 465 g/mol. The van der Waals surface area contributed by atoms with Crippen molar-refractivity contribution in [2.24, 2.45) is 11.8 Å². The zero-order valence-electron chi connectivity index (χ0n) is 18.0. The quantitative estimate of drug-likeness (QED) is 0.129. The summed E-state index contributed by atoms with van der Waals surface area (Å²) in [6.45, 7) is 4.29. The molecule has 7 nitrogen and oxygen atoms in total. The van der Waals surface area contributed by atoms with Crippen molar-refractivity contribution >= 4 is 21.7 Å². The van der Waals surface area contributed by atoms with Crippen molar-refractivity contribution in [1.29, 1.82) is 5.41 Å². The van der Waals surface area contributed by atoms with E-state index in [1.54, 1.807) is 12.2 Å². The lowest BCUT2D eigenvalue weighted by atomic mass is 9.96. The Morgan fingerprint density at radius 1 is 1.42 bits per heavy atom. The number of thiol groups is 1. The third-order valence-corrected chi connectivity index (χ3v) is 10.9. The Hall–Kier alpha value is -1.40. The summed E-state index contributed by atoms with van der Waals surface area (Å²) < 4.78 is 42.3. The Morgan fingerprint density at radius 3 is 2.65 bits per heavy atom. The Morgan fingerprint density at radius 2 is 2.16 bits per heavy atom. The second kappa shape index (κ2) is 9.22. The highest BCUT2D eigenvalue weighted by atomic mass is 32.3. The maximum atomic E-state index is 13.0. The van der Waals surface area contributed by atoms with Gasteiger partial charge >= 0.3 is 6.18 Å². The number of carbonyl (C=O) groups is 1. The van der Waals surface area contributed by atoms with Gasteiger partial charge in [-0.15, -0.1) is 9.53 Å². The fourth-order valence-corrected chi connectivity index (χ4v) is 8.23. The molecule has 0 aromatic heterocycles. The lowest BCUT2D eigenvalue weighted by Crippen LogP contribution is -2.60. The van der Waals surface area contributed by atoms with E-state index in [2.05, 4.69) is 34.1 Å². The Balaban J connectivity index is 1.62. The number of amides is 1. The summed E-state index contributed by atoms with van der Waals surface area (Å²) in [5.41, 5.74) is 0.383. The number of carbonyl (C=O) groups excluding carboxylic acids is 1. The number of hydrogen-bond acceptors (Lipinski definition) is 6. The van der Waals surface area contributed by atoms with Crippen LogP contribution in [0, 0.1) is 17.2 Å². The predicted molar refractivity (Wildman–Crippen MR) is 118 cm³/mol. The van der Waals surface area contributed by atoms with Crippen LogP contribution in [0.3, 0.4) is 0 Å². The standard InChI is InChI=1S/C20H34F3N5O2S/c1-3-4-14(2)5-10-17(24)18(25-11-29)19-26-12-31(13-27-31,28-30-19)16-8-6-15(7-9-16)20(21,22)23/h6,8-9,11,14-15,18-19,24,26-28,31H,3-5,7,10,12-13H2,1-2H3,(H,25,29). The van der Waals surface area contributed by atoms with E-state index >= 15 is 0 Å². The van der Waals surface area contributed by atoms with Crippen LogP contribution in [0.15, 0.2) is 23.1 Å². The second-order valence-electron chi connectivity index (χ2n) is 8.91. The molecule has 1 amide bonds. The molecule has 2 heterocycles. The van der Waals surface area contributed by atoms with E-state index in [1.165, 1.54) is 6.08 Å². The fourth-order valence-electron chi connectivity index (χ4n) is 4.25. The van der Waals surface area contributed by atoms with Gasteiger partial charge in [0, 0.05) is 17.5 Å². The van der Waals surface area contributed by atoms with E-state index in [9.17, 15) is 18.0 Å². The molecule has 1 aliphatic carbocycles. The number of halogens is 3. The molecule has 2 saturated heterocycles. The highest BCUT2D eigenvalue weighted by Crippen LogP contribution is 2.78. The first-order valence-corrected chi connectivity index (χ1v) is 13.4. The smallest absolute Gasteiger partial charge is 0.347 e. The summed E-state index contributed by atoms with van der Waals surface area (Å²) in [6.07, 6.45) is 3.62. The van der Waals surface area contributed by atoms with E-state index in [0.717, 1.165) is 24.2 Å². The minimum absolute atomic E-state index is 0.0874. The summed E-state index contributed by atoms with van der Waals surface area (Å²) in [5.74, 6) is 0.133. The highest BCUT2D eigenvalue weighted by molar-refractivity contribution is 8.54. The van der Waals surface area contributed by atoms with Crippen molar-refractivity contribution in [3.63, 3.8) is 0 Å². The van der Waals surface area contributed by atoms with Crippen LogP contribution in [0.1, 0.15) is 46.0 Å². The molecule has 178 valence electrons. The fraction of sp³-hybridized carbons (Fsp3) is 0.700. The molecule has 0 aromatic carbocycles. The molecule has 0 bridgehead atoms. The van der Waals surface area contributed by atoms with Gasteiger partial charge in [-0.1, -0.05) is 44.9 Å². The maximum absolute atomic E-state index is 13.0. The van der Waals surface area contributed by atoms with Gasteiger partial charge in [0.15, 0.2) is 6.23 Å². The predicted octanol–water partition coefficient (Wildman–Crippen LogP) is 3.23. The van der Waals surface area contributed by atoms with E-state index < -0.39 is 33.9 Å². The molecule has 2 aliphatic heterocycles. The average molecular weight is 466 g/mol. The number of hydrogen-bond donors (Lipinski definition) is 6. The van der Waals surface area contributed by atoms with E-state index in [1.807, 2.05) is 0 Å². The van der Waals surface area contributed by atoms with Gasteiger partial charge in [-0.25, -0.2) is 0 Å². The van der Waals surface area contributed by atoms with Crippen LogP contribution in [0.5, 0.6) is 0 Å². The minimum Gasteiger partial charge on any atom is -0.347 e. The topological polar surface area (TPSA) is 108 Å². The van der Waals surface area contributed by atoms with Gasteiger partial charge in [-0.3, -0.25) is 19.7 Å². The molecule has 5 N–H and O–H groups in total. The SMILES string of the molecule is CCCC(C)CCC(=N)C(NC=O)C1NC[SH]2(C3=CCC(C(F)(F)F)C=C3)(CN2)NO1. The summed E-state index contributed by atoms with van der Waals surface area (Å²) >= 11 is 0. The van der Waals surface area contributed by atoms with Crippen LogP contribution >= 0.6 is 9.53 Å². The third kappa shape index (κ3) is 5.16. The van der Waals surface area contributed by atoms with Crippen LogP contribution in [0.25, 0.3) is 0 Å². The molecule has 0 saturated carbocycles. The molecule has 0 radical (unpaired) electrons. The van der Waals surface area contributed by atoms with Crippen molar-refractivity contribution in [2.75, 3.05) is 11.8 Å². The van der Waals surface area contributed by atoms with Gasteiger partial charge in [0.25, 0.3) is 0 Å². The molecule has 31 heavy (non-hydrogen) atoms. The van der Waals surface area contributed by atoms with Crippen molar-refractivity contribution in [3.05, 3.63) is 23.1 Å². The van der Waals surface area contributed by atoms with Gasteiger partial charge in [-0.2, -0.15) is 18.1 Å². The molecule has 4 atom stereocenters.